The number of furan rings is 1. The summed E-state index contributed by atoms with van der Waals surface area (Å²) in [7, 11) is 0. The third-order valence-corrected chi connectivity index (χ3v) is 3.78. The van der Waals surface area contributed by atoms with Crippen LogP contribution in [0.4, 0.5) is 5.69 Å². The van der Waals surface area contributed by atoms with E-state index in [-0.39, 0.29) is 18.1 Å². The van der Waals surface area contributed by atoms with Crippen molar-refractivity contribution in [3.63, 3.8) is 0 Å². The van der Waals surface area contributed by atoms with E-state index < -0.39 is 5.91 Å². The number of hydrogen-bond acceptors (Lipinski definition) is 4. The number of phenolic OH excluding ortho intramolecular Hbond substituents is 1. The Morgan fingerprint density at radius 2 is 1.96 bits per heavy atom. The average molecular weight is 378 g/mol. The molecule has 2 N–H and O–H groups in total. The summed E-state index contributed by atoms with van der Waals surface area (Å²) < 4.78 is 11.0. The summed E-state index contributed by atoms with van der Waals surface area (Å²) in [6.45, 7) is 0.112. The predicted molar refractivity (Wildman–Crippen MR) is 95.6 cm³/mol. The van der Waals surface area contributed by atoms with Crippen LogP contribution < -0.4 is 10.1 Å². The Morgan fingerprint density at radius 3 is 2.72 bits per heavy atom. The summed E-state index contributed by atoms with van der Waals surface area (Å²) in [6.07, 6.45) is 0. The van der Waals surface area contributed by atoms with Crippen LogP contribution in [0.1, 0.15) is 16.3 Å². The van der Waals surface area contributed by atoms with Gasteiger partial charge in [0.15, 0.2) is 5.76 Å². The third-order valence-electron chi connectivity index (χ3n) is 3.25. The summed E-state index contributed by atoms with van der Waals surface area (Å²) in [5.74, 6) is 0.692. The molecule has 7 heteroatoms. The average Bonchev–Trinajstić information content (AvgIpc) is 3.03. The fourth-order valence-corrected chi connectivity index (χ4v) is 2.56. The van der Waals surface area contributed by atoms with Gasteiger partial charge in [0.05, 0.1) is 5.02 Å². The van der Waals surface area contributed by atoms with E-state index in [1.54, 1.807) is 42.5 Å². The van der Waals surface area contributed by atoms with Crippen molar-refractivity contribution in [3.8, 4) is 11.5 Å². The van der Waals surface area contributed by atoms with Gasteiger partial charge in [-0.1, -0.05) is 29.3 Å². The minimum Gasteiger partial charge on any atom is -0.508 e. The molecule has 0 aliphatic rings. The van der Waals surface area contributed by atoms with Crippen LogP contribution in [0.5, 0.6) is 11.5 Å². The van der Waals surface area contributed by atoms with E-state index in [9.17, 15) is 9.90 Å². The van der Waals surface area contributed by atoms with Crippen molar-refractivity contribution < 1.29 is 19.1 Å². The summed E-state index contributed by atoms with van der Waals surface area (Å²) in [5, 5.41) is 12.9. The first kappa shape index (κ1) is 17.2. The van der Waals surface area contributed by atoms with Crippen LogP contribution >= 0.6 is 23.2 Å². The quantitative estimate of drug-likeness (QED) is 0.646. The fraction of sp³-hybridized carbons (Fsp3) is 0.0556. The zero-order valence-electron chi connectivity index (χ0n) is 12.8. The number of carbonyl (C=O) groups is 1. The molecule has 2 aromatic carbocycles. The highest BCUT2D eigenvalue weighted by molar-refractivity contribution is 6.35. The van der Waals surface area contributed by atoms with Crippen LogP contribution in [-0.2, 0) is 6.61 Å². The Hall–Kier alpha value is -2.63. The van der Waals surface area contributed by atoms with Gasteiger partial charge >= 0.3 is 0 Å². The van der Waals surface area contributed by atoms with Gasteiger partial charge in [-0.05, 0) is 42.5 Å². The Balaban J connectivity index is 1.62. The van der Waals surface area contributed by atoms with E-state index in [0.29, 0.717) is 27.2 Å². The number of nitrogens with one attached hydrogen (secondary N) is 1. The number of hydrogen-bond donors (Lipinski definition) is 2. The molecule has 0 aliphatic carbocycles. The highest BCUT2D eigenvalue weighted by Gasteiger charge is 2.12. The van der Waals surface area contributed by atoms with Crippen molar-refractivity contribution >= 4 is 34.8 Å². The summed E-state index contributed by atoms with van der Waals surface area (Å²) in [4.78, 5) is 12.1. The molecule has 1 amide bonds. The Labute approximate surface area is 153 Å². The van der Waals surface area contributed by atoms with Crippen molar-refractivity contribution in [1.82, 2.24) is 0 Å². The predicted octanol–water partition coefficient (Wildman–Crippen LogP) is 5.12. The van der Waals surface area contributed by atoms with Crippen LogP contribution in [0.15, 0.2) is 59.0 Å². The first-order valence-electron chi connectivity index (χ1n) is 7.28. The smallest absolute Gasteiger partial charge is 0.291 e. The molecule has 0 bridgehead atoms. The molecule has 0 unspecified atom stereocenters. The van der Waals surface area contributed by atoms with Crippen molar-refractivity contribution in [2.24, 2.45) is 0 Å². The highest BCUT2D eigenvalue weighted by Crippen LogP contribution is 2.28. The van der Waals surface area contributed by atoms with Crippen LogP contribution in [0, 0.1) is 0 Å². The number of amides is 1. The molecular weight excluding hydrogens is 365 g/mol. The van der Waals surface area contributed by atoms with Gasteiger partial charge in [0.2, 0.25) is 0 Å². The maximum absolute atomic E-state index is 12.1. The Kier molecular flexibility index (Phi) is 5.16. The summed E-state index contributed by atoms with van der Waals surface area (Å²) in [5.41, 5.74) is 0.465. The highest BCUT2D eigenvalue weighted by atomic mass is 35.5. The second-order valence-corrected chi connectivity index (χ2v) is 5.98. The van der Waals surface area contributed by atoms with E-state index in [2.05, 4.69) is 5.32 Å². The molecule has 0 fully saturated rings. The number of halogens is 2. The first-order chi connectivity index (χ1) is 12.0. The van der Waals surface area contributed by atoms with Gasteiger partial charge in [-0.3, -0.25) is 4.79 Å². The van der Waals surface area contributed by atoms with Gasteiger partial charge in [0.1, 0.15) is 23.9 Å². The van der Waals surface area contributed by atoms with E-state index in [1.165, 1.54) is 12.1 Å². The molecule has 3 rings (SSSR count). The summed E-state index contributed by atoms with van der Waals surface area (Å²) >= 11 is 11.9. The standard InChI is InChI=1S/C18H13Cl2NO4/c19-11-4-6-16(15(20)8-11)24-10-14-5-7-17(25-14)18(23)21-12-2-1-3-13(22)9-12/h1-9,22H,10H2,(H,21,23). The van der Waals surface area contributed by atoms with Crippen LogP contribution in [0.25, 0.3) is 0 Å². The van der Waals surface area contributed by atoms with Gasteiger partial charge in [-0.15, -0.1) is 0 Å². The second-order valence-electron chi connectivity index (χ2n) is 5.13. The normalized spacial score (nSPS) is 10.5. The van der Waals surface area contributed by atoms with Crippen LogP contribution in [0.2, 0.25) is 10.0 Å². The van der Waals surface area contributed by atoms with Gasteiger partial charge in [0, 0.05) is 16.8 Å². The Morgan fingerprint density at radius 1 is 1.12 bits per heavy atom. The maximum Gasteiger partial charge on any atom is 0.291 e. The minimum atomic E-state index is -0.429. The topological polar surface area (TPSA) is 71.7 Å². The monoisotopic (exact) mass is 377 g/mol. The molecule has 0 saturated carbocycles. The first-order valence-corrected chi connectivity index (χ1v) is 8.04. The van der Waals surface area contributed by atoms with Crippen molar-refractivity contribution in [3.05, 3.63) is 76.2 Å². The van der Waals surface area contributed by atoms with Gasteiger partial charge < -0.3 is 19.6 Å². The van der Waals surface area contributed by atoms with Crippen LogP contribution in [-0.4, -0.2) is 11.0 Å². The van der Waals surface area contributed by atoms with E-state index in [1.807, 2.05) is 0 Å². The number of ether oxygens (including phenoxy) is 1. The molecular formula is C18H13Cl2NO4. The number of benzene rings is 2. The lowest BCUT2D eigenvalue weighted by Gasteiger charge is -2.06. The lowest BCUT2D eigenvalue weighted by Crippen LogP contribution is -2.10. The zero-order valence-corrected chi connectivity index (χ0v) is 14.3. The lowest BCUT2D eigenvalue weighted by atomic mass is 10.3. The third kappa shape index (κ3) is 4.47. The number of carbonyl (C=O) groups excluding carboxylic acids is 1. The second kappa shape index (κ2) is 7.51. The SMILES string of the molecule is O=C(Nc1cccc(O)c1)c1ccc(COc2ccc(Cl)cc2Cl)o1. The molecule has 0 radical (unpaired) electrons. The number of anilines is 1. The number of phenols is 1. The van der Waals surface area contributed by atoms with E-state index >= 15 is 0 Å². The number of aromatic hydroxyl groups is 1. The molecule has 25 heavy (non-hydrogen) atoms. The van der Waals surface area contributed by atoms with Gasteiger partial charge in [-0.25, -0.2) is 0 Å². The Bertz CT molecular complexity index is 908. The van der Waals surface area contributed by atoms with Gasteiger partial charge in [-0.2, -0.15) is 0 Å². The molecule has 1 aromatic heterocycles. The molecule has 5 nitrogen and oxygen atoms in total. The molecule has 0 spiro atoms. The molecule has 0 saturated heterocycles. The summed E-state index contributed by atoms with van der Waals surface area (Å²) in [6, 6.07) is 14.3. The molecule has 1 heterocycles. The van der Waals surface area contributed by atoms with Crippen molar-refractivity contribution in [2.45, 2.75) is 6.61 Å². The minimum absolute atomic E-state index is 0.0613. The largest absolute Gasteiger partial charge is 0.508 e. The van der Waals surface area contributed by atoms with Gasteiger partial charge in [0.25, 0.3) is 5.91 Å². The van der Waals surface area contributed by atoms with Crippen molar-refractivity contribution in [2.75, 3.05) is 5.32 Å². The maximum atomic E-state index is 12.1. The molecule has 0 atom stereocenters. The molecule has 3 aromatic rings. The fourth-order valence-electron chi connectivity index (χ4n) is 2.10. The van der Waals surface area contributed by atoms with Crippen molar-refractivity contribution in [1.29, 1.82) is 0 Å². The molecule has 128 valence electrons. The lowest BCUT2D eigenvalue weighted by molar-refractivity contribution is 0.0992. The number of rotatable bonds is 5. The van der Waals surface area contributed by atoms with Crippen LogP contribution in [0.3, 0.4) is 0 Å². The zero-order chi connectivity index (χ0) is 17.8. The molecule has 0 aliphatic heterocycles. The van der Waals surface area contributed by atoms with E-state index in [0.717, 1.165) is 0 Å². The van der Waals surface area contributed by atoms with E-state index in [4.69, 9.17) is 32.4 Å².